The van der Waals surface area contributed by atoms with Crippen molar-refractivity contribution in [1.29, 1.82) is 0 Å². The fourth-order valence-electron chi connectivity index (χ4n) is 2.16. The lowest BCUT2D eigenvalue weighted by Gasteiger charge is -2.05. The number of alkyl halides is 2. The lowest BCUT2D eigenvalue weighted by atomic mass is 10.2. The molecular weight excluding hydrogens is 308 g/mol. The second kappa shape index (κ2) is 5.92. The van der Waals surface area contributed by atoms with Crippen LogP contribution in [0, 0.1) is 0 Å². The first-order valence-corrected chi connectivity index (χ1v) is 6.83. The van der Waals surface area contributed by atoms with E-state index in [0.29, 0.717) is 12.3 Å². The number of rotatable bonds is 5. The minimum atomic E-state index is -2.72. The van der Waals surface area contributed by atoms with Crippen LogP contribution in [0.15, 0.2) is 27.3 Å². The fourth-order valence-corrected chi connectivity index (χ4v) is 2.16. The van der Waals surface area contributed by atoms with Gasteiger partial charge in [-0.25, -0.2) is 8.78 Å². The molecule has 3 aromatic rings. The Morgan fingerprint density at radius 2 is 2.09 bits per heavy atom. The van der Waals surface area contributed by atoms with Crippen molar-refractivity contribution in [3.05, 3.63) is 29.8 Å². The number of aromatic nitrogens is 4. The number of hydrogen-bond acceptors (Lipinski definition) is 6. The van der Waals surface area contributed by atoms with E-state index >= 15 is 0 Å². The highest BCUT2D eigenvalue weighted by Gasteiger charge is 2.23. The van der Waals surface area contributed by atoms with Crippen molar-refractivity contribution in [1.82, 2.24) is 24.8 Å². The molecule has 0 bridgehead atoms. The van der Waals surface area contributed by atoms with Crippen LogP contribution in [0.1, 0.15) is 17.9 Å². The summed E-state index contributed by atoms with van der Waals surface area (Å²) in [7, 11) is 5.39. The molecule has 0 radical (unpaired) electrons. The van der Waals surface area contributed by atoms with Crippen molar-refractivity contribution in [2.24, 2.45) is 7.05 Å². The van der Waals surface area contributed by atoms with Crippen molar-refractivity contribution >= 4 is 0 Å². The van der Waals surface area contributed by atoms with Crippen molar-refractivity contribution in [2.45, 2.75) is 13.0 Å². The number of halogens is 2. The van der Waals surface area contributed by atoms with Crippen LogP contribution < -0.4 is 0 Å². The molecule has 0 aromatic carbocycles. The van der Waals surface area contributed by atoms with Gasteiger partial charge in [-0.05, 0) is 26.2 Å². The zero-order valence-corrected chi connectivity index (χ0v) is 12.8. The number of nitrogens with zero attached hydrogens (tertiary/aromatic N) is 5. The third-order valence-electron chi connectivity index (χ3n) is 3.08. The Bertz CT molecular complexity index is 806. The van der Waals surface area contributed by atoms with Gasteiger partial charge in [0.25, 0.3) is 12.3 Å². The van der Waals surface area contributed by atoms with Gasteiger partial charge in [-0.3, -0.25) is 4.68 Å². The van der Waals surface area contributed by atoms with Crippen LogP contribution in [0.5, 0.6) is 0 Å². The molecule has 0 unspecified atom stereocenters. The molecule has 0 N–H and O–H groups in total. The van der Waals surface area contributed by atoms with Gasteiger partial charge in [-0.2, -0.15) is 10.1 Å². The summed E-state index contributed by atoms with van der Waals surface area (Å²) >= 11 is 0. The highest BCUT2D eigenvalue weighted by Crippen LogP contribution is 2.30. The predicted octanol–water partition coefficient (Wildman–Crippen LogP) is 2.73. The molecule has 7 nitrogen and oxygen atoms in total. The van der Waals surface area contributed by atoms with Crippen LogP contribution in [0.2, 0.25) is 0 Å². The minimum Gasteiger partial charge on any atom is -0.455 e. The van der Waals surface area contributed by atoms with Crippen LogP contribution >= 0.6 is 0 Å². The molecule has 0 aliphatic heterocycles. The van der Waals surface area contributed by atoms with E-state index in [-0.39, 0.29) is 23.0 Å². The Hall–Kier alpha value is -2.55. The normalized spacial score (nSPS) is 11.8. The molecule has 0 aliphatic rings. The molecular formula is C14H15F2N5O2. The average Bonchev–Trinajstić information content (AvgIpc) is 3.15. The maximum Gasteiger partial charge on any atom is 0.293 e. The van der Waals surface area contributed by atoms with Crippen LogP contribution in [0.4, 0.5) is 8.78 Å². The predicted molar refractivity (Wildman–Crippen MR) is 76.6 cm³/mol. The van der Waals surface area contributed by atoms with Gasteiger partial charge in [0.05, 0.1) is 12.1 Å². The average molecular weight is 323 g/mol. The van der Waals surface area contributed by atoms with Gasteiger partial charge in [-0.15, -0.1) is 0 Å². The van der Waals surface area contributed by atoms with Crippen molar-refractivity contribution in [3.8, 4) is 23.0 Å². The van der Waals surface area contributed by atoms with E-state index < -0.39 is 6.43 Å². The van der Waals surface area contributed by atoms with Crippen LogP contribution in [0.25, 0.3) is 23.0 Å². The molecule has 0 atom stereocenters. The quantitative estimate of drug-likeness (QED) is 0.719. The number of furan rings is 1. The molecule has 3 aromatic heterocycles. The van der Waals surface area contributed by atoms with E-state index in [1.165, 1.54) is 10.9 Å². The minimum absolute atomic E-state index is 0.0500. The van der Waals surface area contributed by atoms with E-state index in [9.17, 15) is 8.78 Å². The van der Waals surface area contributed by atoms with Crippen LogP contribution in [0.3, 0.4) is 0 Å². The van der Waals surface area contributed by atoms with Gasteiger partial charge in [0.2, 0.25) is 5.82 Å². The molecule has 3 rings (SSSR count). The van der Waals surface area contributed by atoms with E-state index in [1.54, 1.807) is 19.2 Å². The molecule has 0 aliphatic carbocycles. The standard InChI is InChI=1S/C14H15F2N5O2/c1-20(2)6-8-4-5-10(22-8)14-17-13(19-23-14)9-7-21(3)18-11(9)12(15)16/h4-5,7,12H,6H2,1-3H3. The SMILES string of the molecule is CN(C)Cc1ccc(-c2nc(-c3cn(C)nc3C(F)F)no2)o1. The molecule has 0 fully saturated rings. The Kier molecular flexibility index (Phi) is 3.95. The lowest BCUT2D eigenvalue weighted by molar-refractivity contribution is 0.145. The summed E-state index contributed by atoms with van der Waals surface area (Å²) in [5.74, 6) is 1.31. The Balaban J connectivity index is 1.90. The molecule has 3 heterocycles. The first-order chi connectivity index (χ1) is 10.9. The number of aryl methyl sites for hydroxylation is 1. The molecule has 0 saturated heterocycles. The first kappa shape index (κ1) is 15.3. The molecule has 0 amide bonds. The molecule has 122 valence electrons. The zero-order valence-electron chi connectivity index (χ0n) is 12.8. The summed E-state index contributed by atoms with van der Waals surface area (Å²) < 4.78 is 38.0. The van der Waals surface area contributed by atoms with Gasteiger partial charge < -0.3 is 13.8 Å². The maximum atomic E-state index is 13.0. The summed E-state index contributed by atoms with van der Waals surface area (Å²) in [6, 6.07) is 3.50. The van der Waals surface area contributed by atoms with Crippen LogP contribution in [-0.2, 0) is 13.6 Å². The molecule has 0 spiro atoms. The van der Waals surface area contributed by atoms with Crippen LogP contribution in [-0.4, -0.2) is 38.9 Å². The smallest absolute Gasteiger partial charge is 0.293 e. The van der Waals surface area contributed by atoms with E-state index in [1.807, 2.05) is 19.0 Å². The highest BCUT2D eigenvalue weighted by atomic mass is 19.3. The third kappa shape index (κ3) is 3.14. The second-order valence-corrected chi connectivity index (χ2v) is 5.33. The summed E-state index contributed by atoms with van der Waals surface area (Å²) in [5.41, 5.74) is -0.245. The Labute approximate surface area is 130 Å². The highest BCUT2D eigenvalue weighted by molar-refractivity contribution is 5.59. The maximum absolute atomic E-state index is 13.0. The first-order valence-electron chi connectivity index (χ1n) is 6.83. The molecule has 0 saturated carbocycles. The van der Waals surface area contributed by atoms with Gasteiger partial charge >= 0.3 is 0 Å². The van der Waals surface area contributed by atoms with Crippen molar-refractivity contribution in [2.75, 3.05) is 14.1 Å². The Morgan fingerprint density at radius 3 is 2.78 bits per heavy atom. The molecule has 9 heteroatoms. The van der Waals surface area contributed by atoms with E-state index in [4.69, 9.17) is 8.94 Å². The fraction of sp³-hybridized carbons (Fsp3) is 0.357. The van der Waals surface area contributed by atoms with Gasteiger partial charge in [0, 0.05) is 13.2 Å². The van der Waals surface area contributed by atoms with E-state index in [2.05, 4.69) is 15.2 Å². The van der Waals surface area contributed by atoms with Crippen molar-refractivity contribution in [3.63, 3.8) is 0 Å². The summed E-state index contributed by atoms with van der Waals surface area (Å²) in [6.07, 6.45) is -1.29. The Morgan fingerprint density at radius 1 is 1.30 bits per heavy atom. The number of hydrogen-bond donors (Lipinski definition) is 0. The van der Waals surface area contributed by atoms with Gasteiger partial charge in [0.1, 0.15) is 11.5 Å². The lowest BCUT2D eigenvalue weighted by Crippen LogP contribution is -2.09. The van der Waals surface area contributed by atoms with Gasteiger partial charge in [-0.1, -0.05) is 5.16 Å². The largest absolute Gasteiger partial charge is 0.455 e. The second-order valence-electron chi connectivity index (χ2n) is 5.33. The van der Waals surface area contributed by atoms with Crippen molar-refractivity contribution < 1.29 is 17.7 Å². The van der Waals surface area contributed by atoms with Gasteiger partial charge in [0.15, 0.2) is 5.76 Å². The topological polar surface area (TPSA) is 73.1 Å². The monoisotopic (exact) mass is 323 g/mol. The van der Waals surface area contributed by atoms with E-state index in [0.717, 1.165) is 5.76 Å². The third-order valence-corrected chi connectivity index (χ3v) is 3.08. The summed E-state index contributed by atoms with van der Waals surface area (Å²) in [5, 5.41) is 7.47. The summed E-state index contributed by atoms with van der Waals surface area (Å²) in [4.78, 5) is 6.08. The summed E-state index contributed by atoms with van der Waals surface area (Å²) in [6.45, 7) is 0.624. The molecule has 23 heavy (non-hydrogen) atoms. The zero-order chi connectivity index (χ0) is 16.6.